The molecule has 0 atom stereocenters. The van der Waals surface area contributed by atoms with E-state index in [0.717, 1.165) is 44.8 Å². The third-order valence-electron chi connectivity index (χ3n) is 4.40. The van der Waals surface area contributed by atoms with Gasteiger partial charge >= 0.3 is 11.8 Å². The number of rotatable bonds is 6. The summed E-state index contributed by atoms with van der Waals surface area (Å²) in [5, 5.41) is 6.46. The molecule has 1 aromatic carbocycles. The van der Waals surface area contributed by atoms with Gasteiger partial charge in [-0.1, -0.05) is 45.0 Å². The van der Waals surface area contributed by atoms with Gasteiger partial charge in [0.15, 0.2) is 0 Å². The predicted molar refractivity (Wildman–Crippen MR) is 106 cm³/mol. The number of carbonyl (C=O) groups is 2. The van der Waals surface area contributed by atoms with Crippen molar-refractivity contribution >= 4 is 18.0 Å². The molecule has 1 aromatic rings. The Kier molecular flexibility index (Phi) is 7.94. The van der Waals surface area contributed by atoms with Crippen LogP contribution in [0.15, 0.2) is 29.4 Å². The first kappa shape index (κ1) is 21.1. The quantitative estimate of drug-likeness (QED) is 0.340. The largest absolute Gasteiger partial charge is 0.379 e. The van der Waals surface area contributed by atoms with E-state index in [1.54, 1.807) is 0 Å². The maximum atomic E-state index is 11.8. The Hall–Kier alpha value is -2.25. The third kappa shape index (κ3) is 7.48. The first-order chi connectivity index (χ1) is 12.9. The molecular formula is C20H30N4O3. The second-order valence-electron chi connectivity index (χ2n) is 7.63. The molecule has 1 aliphatic rings. The maximum absolute atomic E-state index is 11.8. The van der Waals surface area contributed by atoms with Crippen molar-refractivity contribution in [1.29, 1.82) is 0 Å². The summed E-state index contributed by atoms with van der Waals surface area (Å²) >= 11 is 0. The third-order valence-corrected chi connectivity index (χ3v) is 4.40. The van der Waals surface area contributed by atoms with Gasteiger partial charge < -0.3 is 10.1 Å². The molecule has 2 N–H and O–H groups in total. The fraction of sp³-hybridized carbons (Fsp3) is 0.550. The number of ether oxygens (including phenoxy) is 1. The summed E-state index contributed by atoms with van der Waals surface area (Å²) in [6.07, 6.45) is 2.32. The van der Waals surface area contributed by atoms with E-state index in [0.29, 0.717) is 6.54 Å². The number of morpholine rings is 1. The van der Waals surface area contributed by atoms with Crippen LogP contribution in [-0.2, 0) is 19.7 Å². The molecular weight excluding hydrogens is 344 g/mol. The van der Waals surface area contributed by atoms with Gasteiger partial charge in [-0.2, -0.15) is 5.10 Å². The Bertz CT molecular complexity index is 644. The van der Waals surface area contributed by atoms with Gasteiger partial charge in [0.1, 0.15) is 0 Å². The minimum atomic E-state index is -0.760. The Morgan fingerprint density at radius 1 is 1.15 bits per heavy atom. The average molecular weight is 374 g/mol. The van der Waals surface area contributed by atoms with Gasteiger partial charge in [0.2, 0.25) is 0 Å². The van der Waals surface area contributed by atoms with Gasteiger partial charge in [-0.3, -0.25) is 14.5 Å². The van der Waals surface area contributed by atoms with Crippen molar-refractivity contribution in [1.82, 2.24) is 15.6 Å². The molecule has 7 nitrogen and oxygen atoms in total. The van der Waals surface area contributed by atoms with Crippen molar-refractivity contribution in [3.8, 4) is 0 Å². The highest BCUT2D eigenvalue weighted by Crippen LogP contribution is 2.21. The highest BCUT2D eigenvalue weighted by Gasteiger charge is 2.14. The lowest BCUT2D eigenvalue weighted by molar-refractivity contribution is -0.139. The number of hydrogen-bond acceptors (Lipinski definition) is 5. The monoisotopic (exact) mass is 374 g/mol. The molecule has 148 valence electrons. The van der Waals surface area contributed by atoms with Crippen LogP contribution in [0.2, 0.25) is 0 Å². The zero-order valence-electron chi connectivity index (χ0n) is 16.5. The van der Waals surface area contributed by atoms with E-state index in [9.17, 15) is 9.59 Å². The van der Waals surface area contributed by atoms with Gasteiger partial charge in [0, 0.05) is 19.6 Å². The SMILES string of the molecule is CC(C)(C)c1ccc(/C=N\NC(=O)C(=O)NCCCN2CCOCC2)cc1. The molecule has 0 aliphatic carbocycles. The molecule has 1 fully saturated rings. The summed E-state index contributed by atoms with van der Waals surface area (Å²) in [6, 6.07) is 7.93. The molecule has 0 unspecified atom stereocenters. The highest BCUT2D eigenvalue weighted by molar-refractivity contribution is 6.35. The lowest BCUT2D eigenvalue weighted by Gasteiger charge is -2.26. The molecule has 1 aliphatic heterocycles. The molecule has 2 amide bonds. The van der Waals surface area contributed by atoms with E-state index in [4.69, 9.17) is 4.74 Å². The van der Waals surface area contributed by atoms with Crippen LogP contribution in [0.4, 0.5) is 0 Å². The van der Waals surface area contributed by atoms with Gasteiger partial charge in [-0.25, -0.2) is 5.43 Å². The Labute approximate surface area is 161 Å². The van der Waals surface area contributed by atoms with E-state index in [1.165, 1.54) is 11.8 Å². The molecule has 0 saturated carbocycles. The molecule has 1 heterocycles. The minimum absolute atomic E-state index is 0.0871. The van der Waals surface area contributed by atoms with Crippen LogP contribution in [-0.4, -0.2) is 62.3 Å². The number of nitrogens with one attached hydrogen (secondary N) is 2. The van der Waals surface area contributed by atoms with E-state index >= 15 is 0 Å². The number of benzene rings is 1. The smallest absolute Gasteiger partial charge is 0.329 e. The van der Waals surface area contributed by atoms with Gasteiger partial charge in [-0.15, -0.1) is 0 Å². The van der Waals surface area contributed by atoms with Crippen LogP contribution in [0, 0.1) is 0 Å². The summed E-state index contributed by atoms with van der Waals surface area (Å²) < 4.78 is 5.29. The van der Waals surface area contributed by atoms with Crippen molar-refractivity contribution in [2.24, 2.45) is 5.10 Å². The maximum Gasteiger partial charge on any atom is 0.329 e. The molecule has 1 saturated heterocycles. The van der Waals surface area contributed by atoms with Crippen LogP contribution < -0.4 is 10.7 Å². The zero-order valence-corrected chi connectivity index (χ0v) is 16.5. The predicted octanol–water partition coefficient (Wildman–Crippen LogP) is 1.27. The van der Waals surface area contributed by atoms with Crippen molar-refractivity contribution in [3.05, 3.63) is 35.4 Å². The molecule has 0 aromatic heterocycles. The number of hydrogen-bond donors (Lipinski definition) is 2. The van der Waals surface area contributed by atoms with Crippen molar-refractivity contribution in [2.75, 3.05) is 39.4 Å². The zero-order chi connectivity index (χ0) is 19.7. The molecule has 2 rings (SSSR count). The van der Waals surface area contributed by atoms with E-state index in [-0.39, 0.29) is 5.41 Å². The highest BCUT2D eigenvalue weighted by atomic mass is 16.5. The second-order valence-corrected chi connectivity index (χ2v) is 7.63. The fourth-order valence-corrected chi connectivity index (χ4v) is 2.70. The summed E-state index contributed by atoms with van der Waals surface area (Å²) in [4.78, 5) is 25.8. The van der Waals surface area contributed by atoms with Gasteiger partial charge in [-0.05, 0) is 29.5 Å². The summed E-state index contributed by atoms with van der Waals surface area (Å²) in [5.74, 6) is -1.43. The lowest BCUT2D eigenvalue weighted by Crippen LogP contribution is -2.40. The number of amides is 2. The average Bonchev–Trinajstić information content (AvgIpc) is 2.65. The molecule has 7 heteroatoms. The van der Waals surface area contributed by atoms with Gasteiger partial charge in [0.25, 0.3) is 0 Å². The van der Waals surface area contributed by atoms with Crippen LogP contribution in [0.3, 0.4) is 0 Å². The molecule has 0 spiro atoms. The van der Waals surface area contributed by atoms with Gasteiger partial charge in [0.05, 0.1) is 19.4 Å². The first-order valence-electron chi connectivity index (χ1n) is 9.38. The van der Waals surface area contributed by atoms with Crippen LogP contribution in [0.1, 0.15) is 38.3 Å². The fourth-order valence-electron chi connectivity index (χ4n) is 2.70. The minimum Gasteiger partial charge on any atom is -0.379 e. The lowest BCUT2D eigenvalue weighted by atomic mass is 9.87. The number of hydrazone groups is 1. The Morgan fingerprint density at radius 2 is 1.81 bits per heavy atom. The summed E-state index contributed by atoms with van der Waals surface area (Å²) in [5.41, 5.74) is 4.42. The van der Waals surface area contributed by atoms with Crippen molar-refractivity contribution < 1.29 is 14.3 Å². The van der Waals surface area contributed by atoms with E-state index < -0.39 is 11.8 Å². The summed E-state index contributed by atoms with van der Waals surface area (Å²) in [7, 11) is 0. The number of carbonyl (C=O) groups excluding carboxylic acids is 2. The Balaban J connectivity index is 1.66. The molecule has 27 heavy (non-hydrogen) atoms. The first-order valence-corrected chi connectivity index (χ1v) is 9.38. The summed E-state index contributed by atoms with van der Waals surface area (Å²) in [6.45, 7) is 11.1. The van der Waals surface area contributed by atoms with Crippen LogP contribution in [0.25, 0.3) is 0 Å². The molecule has 0 radical (unpaired) electrons. The molecule has 0 bridgehead atoms. The Morgan fingerprint density at radius 3 is 2.44 bits per heavy atom. The standard InChI is InChI=1S/C20H30N4O3/c1-20(2,3)17-7-5-16(6-8-17)15-22-23-19(26)18(25)21-9-4-10-24-11-13-27-14-12-24/h5-8,15H,4,9-14H2,1-3H3,(H,21,25)(H,23,26)/b22-15-. The van der Waals surface area contributed by atoms with Crippen LogP contribution >= 0.6 is 0 Å². The van der Waals surface area contributed by atoms with E-state index in [2.05, 4.69) is 41.5 Å². The van der Waals surface area contributed by atoms with Crippen molar-refractivity contribution in [3.63, 3.8) is 0 Å². The normalized spacial score (nSPS) is 15.7. The van der Waals surface area contributed by atoms with E-state index in [1.807, 2.05) is 24.3 Å². The van der Waals surface area contributed by atoms with Crippen LogP contribution in [0.5, 0.6) is 0 Å². The topological polar surface area (TPSA) is 83.0 Å². The van der Waals surface area contributed by atoms with Crippen molar-refractivity contribution in [2.45, 2.75) is 32.6 Å². The second kappa shape index (κ2) is 10.2. The number of nitrogens with zero attached hydrogens (tertiary/aromatic N) is 2.